The lowest BCUT2D eigenvalue weighted by atomic mass is 10.0. The fourth-order valence-electron chi connectivity index (χ4n) is 3.50. The first-order chi connectivity index (χ1) is 16.3. The van der Waals surface area contributed by atoms with E-state index in [9.17, 15) is 20.2 Å². The van der Waals surface area contributed by atoms with Gasteiger partial charge in [-0.25, -0.2) is 0 Å². The summed E-state index contributed by atoms with van der Waals surface area (Å²) in [4.78, 5) is 23.3. The number of hydrogen-bond acceptors (Lipinski definition) is 6. The molecular weight excluding hydrogens is 468 g/mol. The summed E-state index contributed by atoms with van der Waals surface area (Å²) >= 11 is 0. The summed E-state index contributed by atoms with van der Waals surface area (Å²) in [5.41, 5.74) is 6.18. The standard InChI is InChI=1S/C26H20N2O4S2/c1-17-3-13-25(23(15-17)19-5-9-21(10-6-19)27(29)30)33-34-26-14-4-18(2)16-24(26)20-7-11-22(12-8-20)28(31)32/h3-16H,1-2H3. The number of hydrogen-bond donors (Lipinski definition) is 0. The minimum Gasteiger partial charge on any atom is -0.258 e. The molecule has 8 heteroatoms. The molecule has 4 aromatic carbocycles. The Morgan fingerprint density at radius 1 is 0.559 bits per heavy atom. The van der Waals surface area contributed by atoms with Crippen molar-refractivity contribution in [2.24, 2.45) is 0 Å². The summed E-state index contributed by atoms with van der Waals surface area (Å²) in [6, 6.07) is 25.5. The van der Waals surface area contributed by atoms with Gasteiger partial charge in [0.1, 0.15) is 0 Å². The van der Waals surface area contributed by atoms with E-state index in [-0.39, 0.29) is 11.4 Å². The molecule has 0 aromatic heterocycles. The summed E-state index contributed by atoms with van der Waals surface area (Å²) in [6.07, 6.45) is 0. The monoisotopic (exact) mass is 488 g/mol. The number of rotatable bonds is 7. The van der Waals surface area contributed by atoms with Crippen LogP contribution in [0.2, 0.25) is 0 Å². The maximum Gasteiger partial charge on any atom is 0.269 e. The van der Waals surface area contributed by atoms with Crippen molar-refractivity contribution < 1.29 is 9.85 Å². The maximum absolute atomic E-state index is 11.0. The van der Waals surface area contributed by atoms with Crippen molar-refractivity contribution in [1.82, 2.24) is 0 Å². The molecule has 0 atom stereocenters. The highest BCUT2D eigenvalue weighted by atomic mass is 33.1. The Morgan fingerprint density at radius 3 is 1.24 bits per heavy atom. The Bertz CT molecular complexity index is 1260. The highest BCUT2D eigenvalue weighted by Crippen LogP contribution is 2.46. The molecular formula is C26H20N2O4S2. The van der Waals surface area contributed by atoms with Crippen LogP contribution in [0.25, 0.3) is 22.3 Å². The number of aryl methyl sites for hydroxylation is 2. The molecule has 0 heterocycles. The molecule has 0 bridgehead atoms. The molecule has 6 nitrogen and oxygen atoms in total. The molecule has 0 unspecified atom stereocenters. The first-order valence-corrected chi connectivity index (χ1v) is 12.5. The van der Waals surface area contributed by atoms with Crippen molar-refractivity contribution in [2.45, 2.75) is 23.6 Å². The number of nitrogens with zero attached hydrogens (tertiary/aromatic N) is 2. The molecule has 4 aromatic rings. The quantitative estimate of drug-likeness (QED) is 0.148. The molecule has 0 radical (unpaired) electrons. The first-order valence-electron chi connectivity index (χ1n) is 10.4. The van der Waals surface area contributed by atoms with Crippen LogP contribution < -0.4 is 0 Å². The van der Waals surface area contributed by atoms with E-state index < -0.39 is 9.85 Å². The van der Waals surface area contributed by atoms with Gasteiger partial charge in [-0.15, -0.1) is 0 Å². The largest absolute Gasteiger partial charge is 0.269 e. The summed E-state index contributed by atoms with van der Waals surface area (Å²) in [6.45, 7) is 4.03. The van der Waals surface area contributed by atoms with Crippen LogP contribution in [0.15, 0.2) is 94.7 Å². The zero-order valence-electron chi connectivity index (χ0n) is 18.4. The average Bonchev–Trinajstić information content (AvgIpc) is 2.84. The van der Waals surface area contributed by atoms with Gasteiger partial charge in [0.15, 0.2) is 0 Å². The first kappa shape index (κ1) is 23.5. The lowest BCUT2D eigenvalue weighted by molar-refractivity contribution is -0.385. The minimum atomic E-state index is -0.400. The fraction of sp³-hybridized carbons (Fsp3) is 0.0769. The van der Waals surface area contributed by atoms with Crippen molar-refractivity contribution in [2.75, 3.05) is 0 Å². The van der Waals surface area contributed by atoms with Gasteiger partial charge in [-0.3, -0.25) is 20.2 Å². The second kappa shape index (κ2) is 10.1. The Balaban J connectivity index is 1.64. The molecule has 0 saturated carbocycles. The van der Waals surface area contributed by atoms with Crippen LogP contribution in [0.4, 0.5) is 11.4 Å². The molecule has 4 rings (SSSR count). The van der Waals surface area contributed by atoms with Crippen LogP contribution >= 0.6 is 21.6 Å². The number of nitro groups is 2. The van der Waals surface area contributed by atoms with Crippen molar-refractivity contribution in [3.05, 3.63) is 116 Å². The van der Waals surface area contributed by atoms with Gasteiger partial charge in [0.2, 0.25) is 0 Å². The van der Waals surface area contributed by atoms with Gasteiger partial charge in [-0.1, -0.05) is 57.0 Å². The van der Waals surface area contributed by atoms with Gasteiger partial charge < -0.3 is 0 Å². The second-order valence-corrected chi connectivity index (χ2v) is 9.99. The van der Waals surface area contributed by atoms with Crippen LogP contribution in [0.5, 0.6) is 0 Å². The molecule has 0 amide bonds. The van der Waals surface area contributed by atoms with Crippen LogP contribution in [0, 0.1) is 34.1 Å². The zero-order chi connectivity index (χ0) is 24.2. The normalized spacial score (nSPS) is 10.8. The lowest BCUT2D eigenvalue weighted by Crippen LogP contribution is -1.89. The van der Waals surface area contributed by atoms with Crippen LogP contribution in [-0.2, 0) is 0 Å². The molecule has 0 aliphatic carbocycles. The molecule has 0 fully saturated rings. The summed E-state index contributed by atoms with van der Waals surface area (Å²) < 4.78 is 0. The van der Waals surface area contributed by atoms with E-state index in [2.05, 4.69) is 24.3 Å². The SMILES string of the molecule is Cc1ccc(SSc2ccc(C)cc2-c2ccc([N+](=O)[O-])cc2)c(-c2ccc([N+](=O)[O-])cc2)c1. The predicted octanol–water partition coefficient (Wildman–Crippen LogP) is 8.25. The minimum absolute atomic E-state index is 0.0624. The van der Waals surface area contributed by atoms with Crippen LogP contribution in [0.3, 0.4) is 0 Å². The Kier molecular flexibility index (Phi) is 7.00. The van der Waals surface area contributed by atoms with Crippen molar-refractivity contribution >= 4 is 33.0 Å². The maximum atomic E-state index is 11.0. The molecule has 0 N–H and O–H groups in total. The summed E-state index contributed by atoms with van der Waals surface area (Å²) in [5.74, 6) is 0. The van der Waals surface area contributed by atoms with E-state index >= 15 is 0 Å². The van der Waals surface area contributed by atoms with E-state index in [4.69, 9.17) is 0 Å². The van der Waals surface area contributed by atoms with E-state index in [1.54, 1.807) is 45.9 Å². The van der Waals surface area contributed by atoms with E-state index in [1.165, 1.54) is 24.3 Å². The molecule has 0 saturated heterocycles. The van der Waals surface area contributed by atoms with E-state index in [0.29, 0.717) is 0 Å². The van der Waals surface area contributed by atoms with Crippen LogP contribution in [0.1, 0.15) is 11.1 Å². The zero-order valence-corrected chi connectivity index (χ0v) is 20.1. The van der Waals surface area contributed by atoms with Gasteiger partial charge in [-0.05, 0) is 72.5 Å². The van der Waals surface area contributed by atoms with Gasteiger partial charge in [0, 0.05) is 34.1 Å². The van der Waals surface area contributed by atoms with Gasteiger partial charge >= 0.3 is 0 Å². The fourth-order valence-corrected chi connectivity index (χ4v) is 5.87. The molecule has 34 heavy (non-hydrogen) atoms. The summed E-state index contributed by atoms with van der Waals surface area (Å²) in [7, 11) is 3.22. The lowest BCUT2D eigenvalue weighted by Gasteiger charge is -2.13. The highest BCUT2D eigenvalue weighted by Gasteiger charge is 2.13. The predicted molar refractivity (Wildman–Crippen MR) is 138 cm³/mol. The van der Waals surface area contributed by atoms with Crippen molar-refractivity contribution in [3.63, 3.8) is 0 Å². The summed E-state index contributed by atoms with van der Waals surface area (Å²) in [5, 5.41) is 22.0. The molecule has 170 valence electrons. The Hall–Kier alpha value is -3.62. The number of non-ortho nitro benzene ring substituents is 2. The average molecular weight is 489 g/mol. The third-order valence-electron chi connectivity index (χ3n) is 5.27. The smallest absolute Gasteiger partial charge is 0.258 e. The molecule has 0 aliphatic heterocycles. The molecule has 0 spiro atoms. The van der Waals surface area contributed by atoms with Crippen molar-refractivity contribution in [3.8, 4) is 22.3 Å². The second-order valence-electron chi connectivity index (χ2n) is 7.77. The number of nitro benzene ring substituents is 2. The highest BCUT2D eigenvalue weighted by molar-refractivity contribution is 8.76. The van der Waals surface area contributed by atoms with Crippen molar-refractivity contribution in [1.29, 1.82) is 0 Å². The Labute approximate surface area is 204 Å². The third-order valence-corrected chi connectivity index (χ3v) is 7.75. The van der Waals surface area contributed by atoms with E-state index in [1.807, 2.05) is 26.0 Å². The Morgan fingerprint density at radius 2 is 0.912 bits per heavy atom. The third kappa shape index (κ3) is 5.30. The number of benzene rings is 4. The van der Waals surface area contributed by atoms with Gasteiger partial charge in [0.25, 0.3) is 11.4 Å². The topological polar surface area (TPSA) is 86.3 Å². The molecule has 0 aliphatic rings. The van der Waals surface area contributed by atoms with Gasteiger partial charge in [-0.2, -0.15) is 0 Å². The van der Waals surface area contributed by atoms with Crippen LogP contribution in [-0.4, -0.2) is 9.85 Å². The van der Waals surface area contributed by atoms with E-state index in [0.717, 1.165) is 43.2 Å². The van der Waals surface area contributed by atoms with Gasteiger partial charge in [0.05, 0.1) is 9.85 Å².